The Hall–Kier alpha value is -0.520. The van der Waals surface area contributed by atoms with Crippen LogP contribution in [0.1, 0.15) is 32.6 Å². The number of nitrogens with one attached hydrogen (secondary N) is 1. The van der Waals surface area contributed by atoms with Gasteiger partial charge in [0.15, 0.2) is 0 Å². The Balaban J connectivity index is 1.79. The molecule has 0 aromatic carbocycles. The van der Waals surface area contributed by atoms with E-state index in [0.717, 1.165) is 31.0 Å². The summed E-state index contributed by atoms with van der Waals surface area (Å²) in [6.07, 6.45) is 11.1. The van der Waals surface area contributed by atoms with Crippen molar-refractivity contribution in [3.63, 3.8) is 0 Å². The summed E-state index contributed by atoms with van der Waals surface area (Å²) in [5.41, 5.74) is 0. The van der Waals surface area contributed by atoms with Crippen molar-refractivity contribution in [2.45, 2.75) is 38.6 Å². The van der Waals surface area contributed by atoms with E-state index in [1.54, 1.807) is 0 Å². The lowest BCUT2D eigenvalue weighted by Gasteiger charge is -2.44. The zero-order valence-electron chi connectivity index (χ0n) is 10.4. The molecule has 2 nitrogen and oxygen atoms in total. The summed E-state index contributed by atoms with van der Waals surface area (Å²) in [5.74, 6) is 4.62. The highest BCUT2D eigenvalue weighted by molar-refractivity contribution is 4.97. The molecule has 0 heterocycles. The zero-order chi connectivity index (χ0) is 11.4. The first kappa shape index (κ1) is 12.0. The summed E-state index contributed by atoms with van der Waals surface area (Å²) in [5, 5.41) is 3.47. The second kappa shape index (κ2) is 5.70. The van der Waals surface area contributed by atoms with Gasteiger partial charge in [-0.1, -0.05) is 12.8 Å². The molecule has 2 atom stereocenters. The summed E-state index contributed by atoms with van der Waals surface area (Å²) >= 11 is 0. The minimum Gasteiger partial charge on any atom is -0.317 e. The molecular formula is C14H24N2. The minimum absolute atomic E-state index is 0.760. The van der Waals surface area contributed by atoms with Gasteiger partial charge >= 0.3 is 0 Å². The number of terminal acetylenes is 1. The highest BCUT2D eigenvalue weighted by Gasteiger charge is 2.36. The van der Waals surface area contributed by atoms with Crippen LogP contribution in [0.4, 0.5) is 0 Å². The maximum Gasteiger partial charge on any atom is 0.0601 e. The Morgan fingerprint density at radius 1 is 1.31 bits per heavy atom. The number of hydrogen-bond donors (Lipinski definition) is 1. The average Bonchev–Trinajstić information content (AvgIpc) is 3.01. The number of nitrogens with zero attached hydrogens (tertiary/aromatic N) is 1. The molecule has 0 aliphatic heterocycles. The second-order valence-corrected chi connectivity index (χ2v) is 5.29. The van der Waals surface area contributed by atoms with Crippen molar-refractivity contribution in [2.75, 3.05) is 26.2 Å². The molecule has 0 radical (unpaired) electrons. The van der Waals surface area contributed by atoms with E-state index in [1.807, 2.05) is 0 Å². The van der Waals surface area contributed by atoms with Gasteiger partial charge in [-0.25, -0.2) is 0 Å². The molecule has 2 heteroatoms. The van der Waals surface area contributed by atoms with Gasteiger partial charge < -0.3 is 5.32 Å². The summed E-state index contributed by atoms with van der Waals surface area (Å²) in [6.45, 7) is 6.53. The molecule has 0 bridgehead atoms. The summed E-state index contributed by atoms with van der Waals surface area (Å²) in [6, 6.07) is 0.760. The molecule has 0 amide bonds. The number of hydrogen-bond acceptors (Lipinski definition) is 2. The first-order chi connectivity index (χ1) is 7.85. The first-order valence-corrected chi connectivity index (χ1v) is 6.73. The van der Waals surface area contributed by atoms with E-state index >= 15 is 0 Å². The SMILES string of the molecule is C#CCN(CC1CC1)C1CCC1CNCC. The van der Waals surface area contributed by atoms with Crippen LogP contribution in [0.2, 0.25) is 0 Å². The van der Waals surface area contributed by atoms with E-state index < -0.39 is 0 Å². The third-order valence-electron chi connectivity index (χ3n) is 3.99. The quantitative estimate of drug-likeness (QED) is 0.657. The van der Waals surface area contributed by atoms with Crippen molar-refractivity contribution in [2.24, 2.45) is 11.8 Å². The third-order valence-corrected chi connectivity index (χ3v) is 3.99. The Morgan fingerprint density at radius 2 is 2.12 bits per heavy atom. The Labute approximate surface area is 99.8 Å². The van der Waals surface area contributed by atoms with Gasteiger partial charge in [-0.15, -0.1) is 6.42 Å². The van der Waals surface area contributed by atoms with Gasteiger partial charge in [0.2, 0.25) is 0 Å². The maximum atomic E-state index is 5.48. The van der Waals surface area contributed by atoms with Gasteiger partial charge in [0.1, 0.15) is 0 Å². The highest BCUT2D eigenvalue weighted by atomic mass is 15.2. The van der Waals surface area contributed by atoms with E-state index in [9.17, 15) is 0 Å². The molecule has 2 fully saturated rings. The van der Waals surface area contributed by atoms with E-state index in [0.29, 0.717) is 0 Å². The molecule has 2 unspecified atom stereocenters. The molecule has 2 rings (SSSR count). The summed E-state index contributed by atoms with van der Waals surface area (Å²) < 4.78 is 0. The van der Waals surface area contributed by atoms with Crippen LogP contribution < -0.4 is 5.32 Å². The third kappa shape index (κ3) is 2.99. The van der Waals surface area contributed by atoms with Gasteiger partial charge in [-0.05, 0) is 50.6 Å². The van der Waals surface area contributed by atoms with Crippen molar-refractivity contribution in [1.29, 1.82) is 0 Å². The lowest BCUT2D eigenvalue weighted by molar-refractivity contribution is 0.0695. The van der Waals surface area contributed by atoms with E-state index in [4.69, 9.17) is 6.42 Å². The molecule has 1 N–H and O–H groups in total. The van der Waals surface area contributed by atoms with Crippen LogP contribution in [0.15, 0.2) is 0 Å². The second-order valence-electron chi connectivity index (χ2n) is 5.29. The molecular weight excluding hydrogens is 196 g/mol. The smallest absolute Gasteiger partial charge is 0.0601 e. The fourth-order valence-corrected chi connectivity index (χ4v) is 2.67. The Bertz CT molecular complexity index is 252. The molecule has 0 spiro atoms. The van der Waals surface area contributed by atoms with E-state index in [-0.39, 0.29) is 0 Å². The maximum absolute atomic E-state index is 5.48. The molecule has 0 aromatic heterocycles. The van der Waals surface area contributed by atoms with Crippen LogP contribution in [0, 0.1) is 24.2 Å². The highest BCUT2D eigenvalue weighted by Crippen LogP contribution is 2.36. The van der Waals surface area contributed by atoms with Crippen molar-refractivity contribution < 1.29 is 0 Å². The Kier molecular flexibility index (Phi) is 4.26. The largest absolute Gasteiger partial charge is 0.317 e. The van der Waals surface area contributed by atoms with Gasteiger partial charge in [-0.2, -0.15) is 0 Å². The van der Waals surface area contributed by atoms with E-state index in [2.05, 4.69) is 23.1 Å². The van der Waals surface area contributed by atoms with Crippen LogP contribution in [0.3, 0.4) is 0 Å². The van der Waals surface area contributed by atoms with Crippen LogP contribution in [0.25, 0.3) is 0 Å². The minimum atomic E-state index is 0.760. The van der Waals surface area contributed by atoms with Gasteiger partial charge in [0.25, 0.3) is 0 Å². The van der Waals surface area contributed by atoms with Crippen molar-refractivity contribution in [1.82, 2.24) is 10.2 Å². The predicted molar refractivity (Wildman–Crippen MR) is 68.2 cm³/mol. The first-order valence-electron chi connectivity index (χ1n) is 6.73. The molecule has 90 valence electrons. The molecule has 2 saturated carbocycles. The standard InChI is InChI=1S/C14H24N2/c1-3-9-16(11-12-5-6-12)14-8-7-13(14)10-15-4-2/h1,12-15H,4-11H2,2H3. The zero-order valence-corrected chi connectivity index (χ0v) is 10.4. The van der Waals surface area contributed by atoms with E-state index in [1.165, 1.54) is 38.8 Å². The molecule has 0 aromatic rings. The Morgan fingerprint density at radius 3 is 2.62 bits per heavy atom. The van der Waals surface area contributed by atoms with Crippen LogP contribution in [-0.2, 0) is 0 Å². The average molecular weight is 220 g/mol. The lowest BCUT2D eigenvalue weighted by Crippen LogP contribution is -2.51. The fourth-order valence-electron chi connectivity index (χ4n) is 2.67. The number of rotatable bonds is 7. The summed E-state index contributed by atoms with van der Waals surface area (Å²) in [4.78, 5) is 2.56. The van der Waals surface area contributed by atoms with Gasteiger partial charge in [-0.3, -0.25) is 4.90 Å². The predicted octanol–water partition coefficient (Wildman–Crippen LogP) is 1.72. The molecule has 2 aliphatic rings. The van der Waals surface area contributed by atoms with Crippen LogP contribution >= 0.6 is 0 Å². The normalized spacial score (nSPS) is 28.8. The van der Waals surface area contributed by atoms with Crippen LogP contribution in [0.5, 0.6) is 0 Å². The molecule has 2 aliphatic carbocycles. The topological polar surface area (TPSA) is 15.3 Å². The van der Waals surface area contributed by atoms with Crippen LogP contribution in [-0.4, -0.2) is 37.1 Å². The van der Waals surface area contributed by atoms with Crippen molar-refractivity contribution in [3.8, 4) is 12.3 Å². The van der Waals surface area contributed by atoms with Gasteiger partial charge in [0.05, 0.1) is 6.54 Å². The molecule has 16 heavy (non-hydrogen) atoms. The lowest BCUT2D eigenvalue weighted by atomic mass is 9.78. The van der Waals surface area contributed by atoms with Crippen molar-refractivity contribution >= 4 is 0 Å². The monoisotopic (exact) mass is 220 g/mol. The van der Waals surface area contributed by atoms with Gasteiger partial charge in [0, 0.05) is 12.6 Å². The fraction of sp³-hybridized carbons (Fsp3) is 0.857. The van der Waals surface area contributed by atoms with Crippen molar-refractivity contribution in [3.05, 3.63) is 0 Å². The molecule has 0 saturated heterocycles. The summed E-state index contributed by atoms with van der Waals surface area (Å²) in [7, 11) is 0.